The summed E-state index contributed by atoms with van der Waals surface area (Å²) >= 11 is 6.55. The van der Waals surface area contributed by atoms with Crippen molar-refractivity contribution in [1.82, 2.24) is 19.7 Å². The van der Waals surface area contributed by atoms with Crippen LogP contribution in [0.5, 0.6) is 0 Å². The van der Waals surface area contributed by atoms with E-state index >= 15 is 0 Å². The van der Waals surface area contributed by atoms with Crippen LogP contribution in [0.25, 0.3) is 10.9 Å². The number of aliphatic carboxylic acids is 1. The summed E-state index contributed by atoms with van der Waals surface area (Å²) in [5, 5.41) is 15.2. The molecule has 2 N–H and O–H groups in total. The van der Waals surface area contributed by atoms with E-state index in [1.807, 2.05) is 25.1 Å². The summed E-state index contributed by atoms with van der Waals surface area (Å²) in [5.41, 5.74) is 0.498. The molecule has 3 aliphatic rings. The van der Waals surface area contributed by atoms with Crippen LogP contribution in [0.15, 0.2) is 24.4 Å². The number of aryl methyl sites for hydroxylation is 1. The lowest BCUT2D eigenvalue weighted by Gasteiger charge is -2.35. The van der Waals surface area contributed by atoms with E-state index in [1.54, 1.807) is 11.8 Å². The number of carboxylic acid groups (broad SMARTS) is 1. The van der Waals surface area contributed by atoms with Gasteiger partial charge < -0.3 is 15.0 Å². The van der Waals surface area contributed by atoms with E-state index < -0.39 is 40.8 Å². The third-order valence-corrected chi connectivity index (χ3v) is 11.3. The van der Waals surface area contributed by atoms with Gasteiger partial charge in [-0.2, -0.15) is 18.3 Å². The average Bonchev–Trinajstić information content (AvgIpc) is 3.45. The molecule has 3 aliphatic carbocycles. The lowest BCUT2D eigenvalue weighted by Crippen LogP contribution is -2.42. The summed E-state index contributed by atoms with van der Waals surface area (Å²) in [5.74, 6) is -0.698. The summed E-state index contributed by atoms with van der Waals surface area (Å²) < 4.78 is 45.0. The fourth-order valence-corrected chi connectivity index (χ4v) is 8.34. The number of carboxylic acids is 1. The molecule has 3 saturated carbocycles. The van der Waals surface area contributed by atoms with Crippen LogP contribution in [-0.2, 0) is 17.4 Å². The van der Waals surface area contributed by atoms with Gasteiger partial charge in [0.2, 0.25) is 0 Å². The number of alkyl halides is 3. The summed E-state index contributed by atoms with van der Waals surface area (Å²) in [6, 6.07) is 4.81. The van der Waals surface area contributed by atoms with Crippen LogP contribution in [0.1, 0.15) is 92.6 Å². The second-order valence-corrected chi connectivity index (χ2v) is 14.2. The second-order valence-electron chi connectivity index (χ2n) is 13.7. The SMILES string of the molecule is Cc1[nH]c2cccc(Cl)c2c1CCN(C(=O)c1cnn(C2CCC(C)(C(=O)O)CC2)c1C(F)(F)F)[C@H]1C[C@@H]2[C@H](C1)C2(C)C. The zero-order valence-electron chi connectivity index (χ0n) is 24.9. The summed E-state index contributed by atoms with van der Waals surface area (Å²) in [6.07, 6.45) is -0.787. The van der Waals surface area contributed by atoms with Gasteiger partial charge in [-0.15, -0.1) is 0 Å². The van der Waals surface area contributed by atoms with E-state index in [0.29, 0.717) is 23.3 Å². The highest BCUT2D eigenvalue weighted by Crippen LogP contribution is 2.67. The number of H-pyrrole nitrogens is 1. The quantitative estimate of drug-likeness (QED) is 0.284. The minimum absolute atomic E-state index is 0.160. The van der Waals surface area contributed by atoms with Crippen molar-refractivity contribution in [3.8, 4) is 0 Å². The van der Waals surface area contributed by atoms with Crippen molar-refractivity contribution < 1.29 is 27.9 Å². The number of carbonyl (C=O) groups is 2. The average molecular weight is 619 g/mol. The Kier molecular flexibility index (Phi) is 7.18. The lowest BCUT2D eigenvalue weighted by atomic mass is 9.74. The van der Waals surface area contributed by atoms with Gasteiger partial charge in [0.1, 0.15) is 0 Å². The standard InChI is InChI=1S/C32H38ClF3N4O3/c1-17-20(26-24(33)6-5-7-25(26)38-17)10-13-39(19-14-22-23(15-19)30(22,2)3)28(41)21-16-37-40(27(21)32(34,35)36)18-8-11-31(4,12-9-18)29(42)43/h5-7,16,18-19,22-23,38H,8-15H2,1-4H3,(H,42,43)/t18?,19-,22+,23-,31?. The van der Waals surface area contributed by atoms with Crippen LogP contribution < -0.4 is 0 Å². The number of benzene rings is 1. The molecule has 3 aromatic rings. The molecule has 0 aliphatic heterocycles. The molecule has 0 bridgehead atoms. The summed E-state index contributed by atoms with van der Waals surface area (Å²) in [7, 11) is 0. The van der Waals surface area contributed by atoms with E-state index in [9.17, 15) is 27.9 Å². The zero-order chi connectivity index (χ0) is 31.1. The first-order chi connectivity index (χ1) is 20.1. The van der Waals surface area contributed by atoms with Gasteiger partial charge in [-0.05, 0) is 93.7 Å². The van der Waals surface area contributed by atoms with Gasteiger partial charge in [0, 0.05) is 29.2 Å². The number of carbonyl (C=O) groups excluding carboxylic acids is 1. The molecule has 2 heterocycles. The van der Waals surface area contributed by atoms with E-state index in [1.165, 1.54) is 0 Å². The molecule has 0 radical (unpaired) electrons. The third-order valence-electron chi connectivity index (χ3n) is 10.9. The van der Waals surface area contributed by atoms with E-state index in [0.717, 1.165) is 45.9 Å². The molecule has 3 atom stereocenters. The number of rotatable bonds is 7. The van der Waals surface area contributed by atoms with E-state index in [2.05, 4.69) is 23.9 Å². The second kappa shape index (κ2) is 10.3. The van der Waals surface area contributed by atoms with Crippen molar-refractivity contribution in [1.29, 1.82) is 0 Å². The Morgan fingerprint density at radius 2 is 1.81 bits per heavy atom. The van der Waals surface area contributed by atoms with Crippen LogP contribution in [0.3, 0.4) is 0 Å². The van der Waals surface area contributed by atoms with Gasteiger partial charge in [0.25, 0.3) is 5.91 Å². The van der Waals surface area contributed by atoms with Crippen molar-refractivity contribution in [2.75, 3.05) is 6.54 Å². The largest absolute Gasteiger partial charge is 0.481 e. The molecule has 1 amide bonds. The highest BCUT2D eigenvalue weighted by molar-refractivity contribution is 6.35. The van der Waals surface area contributed by atoms with Crippen molar-refractivity contribution in [3.05, 3.63) is 51.9 Å². The minimum atomic E-state index is -4.80. The zero-order valence-corrected chi connectivity index (χ0v) is 25.6. The predicted octanol–water partition coefficient (Wildman–Crippen LogP) is 7.67. The fourth-order valence-electron chi connectivity index (χ4n) is 8.06. The van der Waals surface area contributed by atoms with Gasteiger partial charge in [0.05, 0.1) is 28.2 Å². The molecule has 43 heavy (non-hydrogen) atoms. The van der Waals surface area contributed by atoms with Gasteiger partial charge >= 0.3 is 12.1 Å². The molecule has 11 heteroatoms. The number of aromatic nitrogens is 3. The van der Waals surface area contributed by atoms with Crippen LogP contribution in [0.2, 0.25) is 5.02 Å². The number of hydrogen-bond acceptors (Lipinski definition) is 3. The normalized spacial score (nSPS) is 28.2. The number of halogens is 4. The maximum atomic E-state index is 14.7. The van der Waals surface area contributed by atoms with Gasteiger partial charge in [-0.3, -0.25) is 14.3 Å². The molecule has 1 aromatic carbocycles. The smallest absolute Gasteiger partial charge is 0.433 e. The lowest BCUT2D eigenvalue weighted by molar-refractivity contribution is -0.152. The van der Waals surface area contributed by atoms with Crippen LogP contribution in [0, 0.1) is 29.6 Å². The Morgan fingerprint density at radius 3 is 2.42 bits per heavy atom. The molecular formula is C32H38ClF3N4O3. The Hall–Kier alpha value is -3.01. The molecule has 7 nitrogen and oxygen atoms in total. The van der Waals surface area contributed by atoms with Crippen molar-refractivity contribution in [2.24, 2.45) is 22.7 Å². The van der Waals surface area contributed by atoms with Crippen LogP contribution in [0.4, 0.5) is 13.2 Å². The van der Waals surface area contributed by atoms with Crippen LogP contribution in [-0.4, -0.2) is 49.2 Å². The fraction of sp³-hybridized carbons (Fsp3) is 0.594. The molecule has 0 unspecified atom stereocenters. The van der Waals surface area contributed by atoms with E-state index in [-0.39, 0.29) is 43.7 Å². The number of amides is 1. The Balaban J connectivity index is 1.32. The first-order valence-corrected chi connectivity index (χ1v) is 15.5. The third kappa shape index (κ3) is 5.03. The first kappa shape index (κ1) is 30.0. The molecular weight excluding hydrogens is 581 g/mol. The van der Waals surface area contributed by atoms with Crippen LogP contribution >= 0.6 is 11.6 Å². The van der Waals surface area contributed by atoms with Crippen molar-refractivity contribution >= 4 is 34.4 Å². The van der Waals surface area contributed by atoms with E-state index in [4.69, 9.17) is 11.6 Å². The Bertz CT molecular complexity index is 1570. The van der Waals surface area contributed by atoms with Gasteiger partial charge in [0.15, 0.2) is 5.69 Å². The molecule has 0 spiro atoms. The summed E-state index contributed by atoms with van der Waals surface area (Å²) in [6.45, 7) is 8.25. The summed E-state index contributed by atoms with van der Waals surface area (Å²) in [4.78, 5) is 30.9. The maximum Gasteiger partial charge on any atom is 0.433 e. The first-order valence-electron chi connectivity index (χ1n) is 15.1. The highest BCUT2D eigenvalue weighted by atomic mass is 35.5. The number of aromatic amines is 1. The van der Waals surface area contributed by atoms with Crippen molar-refractivity contribution in [2.45, 2.75) is 90.9 Å². The van der Waals surface area contributed by atoms with Gasteiger partial charge in [-0.25, -0.2) is 0 Å². The number of hydrogen-bond donors (Lipinski definition) is 2. The topological polar surface area (TPSA) is 91.2 Å². The molecule has 3 fully saturated rings. The molecule has 0 saturated heterocycles. The minimum Gasteiger partial charge on any atom is -0.481 e. The number of nitrogens with one attached hydrogen (secondary N) is 1. The van der Waals surface area contributed by atoms with Gasteiger partial charge in [-0.1, -0.05) is 31.5 Å². The molecule has 2 aromatic heterocycles. The van der Waals surface area contributed by atoms with Crippen molar-refractivity contribution in [3.63, 3.8) is 0 Å². The predicted molar refractivity (Wildman–Crippen MR) is 157 cm³/mol. The highest BCUT2D eigenvalue weighted by Gasteiger charge is 2.63. The number of nitrogens with zero attached hydrogens (tertiary/aromatic N) is 3. The molecule has 6 rings (SSSR count). The Morgan fingerprint density at radius 1 is 1.16 bits per heavy atom. The number of fused-ring (bicyclic) bond motifs is 2. The maximum absolute atomic E-state index is 14.7. The monoisotopic (exact) mass is 618 g/mol. The Labute approximate surface area is 253 Å². The molecule has 232 valence electrons.